The number of halogens is 1. The standard InChI is InChI=1S/C10H12FN3O4S2/c1-18-10(15)14-20(16,17)13-5-7-3-2-6(9(12)19)4-8(7)11/h2-4,13H,5H2,1H3,(H2,12,19)(H,14,15). The zero-order valence-corrected chi connectivity index (χ0v) is 12.0. The first-order chi connectivity index (χ1) is 9.25. The van der Waals surface area contributed by atoms with E-state index in [0.29, 0.717) is 5.56 Å². The smallest absolute Gasteiger partial charge is 0.421 e. The third-order valence-corrected chi connectivity index (χ3v) is 3.39. The molecule has 0 fully saturated rings. The second-order valence-corrected chi connectivity index (χ2v) is 5.53. The first-order valence-electron chi connectivity index (χ1n) is 5.19. The fourth-order valence-electron chi connectivity index (χ4n) is 1.20. The van der Waals surface area contributed by atoms with Crippen molar-refractivity contribution in [2.24, 2.45) is 5.73 Å². The van der Waals surface area contributed by atoms with E-state index in [0.717, 1.165) is 13.2 Å². The van der Waals surface area contributed by atoms with Crippen molar-refractivity contribution in [1.82, 2.24) is 9.44 Å². The van der Waals surface area contributed by atoms with E-state index in [1.54, 1.807) is 4.72 Å². The summed E-state index contributed by atoms with van der Waals surface area (Å²) in [5.74, 6) is -0.670. The minimum atomic E-state index is -4.13. The molecule has 0 spiro atoms. The Morgan fingerprint density at radius 2 is 2.15 bits per heavy atom. The molecule has 0 radical (unpaired) electrons. The Morgan fingerprint density at radius 3 is 2.65 bits per heavy atom. The highest BCUT2D eigenvalue weighted by atomic mass is 32.2. The second-order valence-electron chi connectivity index (χ2n) is 3.59. The molecule has 7 nitrogen and oxygen atoms in total. The summed E-state index contributed by atoms with van der Waals surface area (Å²) in [4.78, 5) is 10.8. The van der Waals surface area contributed by atoms with Gasteiger partial charge in [-0.1, -0.05) is 24.4 Å². The molecule has 0 aromatic heterocycles. The van der Waals surface area contributed by atoms with Crippen molar-refractivity contribution in [1.29, 1.82) is 0 Å². The Labute approximate surface area is 120 Å². The number of nitrogens with two attached hydrogens (primary N) is 1. The number of nitrogens with one attached hydrogen (secondary N) is 2. The summed E-state index contributed by atoms with van der Waals surface area (Å²) in [5.41, 5.74) is 5.74. The number of methoxy groups -OCH3 is 1. The van der Waals surface area contributed by atoms with Gasteiger partial charge in [-0.15, -0.1) is 0 Å². The third kappa shape index (κ3) is 4.72. The number of benzene rings is 1. The Balaban J connectivity index is 2.75. The fraction of sp³-hybridized carbons (Fsp3) is 0.200. The van der Waals surface area contributed by atoms with E-state index in [4.69, 9.17) is 5.73 Å². The van der Waals surface area contributed by atoms with Crippen molar-refractivity contribution in [3.63, 3.8) is 0 Å². The normalized spacial score (nSPS) is 10.9. The van der Waals surface area contributed by atoms with Gasteiger partial charge < -0.3 is 10.5 Å². The lowest BCUT2D eigenvalue weighted by Gasteiger charge is -2.08. The molecule has 20 heavy (non-hydrogen) atoms. The van der Waals surface area contributed by atoms with Crippen LogP contribution in [0.1, 0.15) is 11.1 Å². The number of hydrogen-bond donors (Lipinski definition) is 3. The van der Waals surface area contributed by atoms with Crippen molar-refractivity contribution in [2.45, 2.75) is 6.54 Å². The van der Waals surface area contributed by atoms with Crippen molar-refractivity contribution in [3.05, 3.63) is 35.1 Å². The Hall–Kier alpha value is -1.78. The maximum Gasteiger partial charge on any atom is 0.421 e. The molecule has 1 aromatic rings. The number of amides is 1. The largest absolute Gasteiger partial charge is 0.452 e. The van der Waals surface area contributed by atoms with Gasteiger partial charge in [0.2, 0.25) is 0 Å². The van der Waals surface area contributed by atoms with E-state index >= 15 is 0 Å². The average Bonchev–Trinajstić information content (AvgIpc) is 2.36. The van der Waals surface area contributed by atoms with Crippen LogP contribution in [0.4, 0.5) is 9.18 Å². The highest BCUT2D eigenvalue weighted by molar-refractivity contribution is 7.88. The van der Waals surface area contributed by atoms with E-state index in [-0.39, 0.29) is 17.1 Å². The quantitative estimate of drug-likeness (QED) is 0.666. The molecular weight excluding hydrogens is 309 g/mol. The van der Waals surface area contributed by atoms with Gasteiger partial charge in [0.15, 0.2) is 0 Å². The summed E-state index contributed by atoms with van der Waals surface area (Å²) in [6, 6.07) is 3.90. The van der Waals surface area contributed by atoms with Crippen LogP contribution in [-0.2, 0) is 21.5 Å². The zero-order chi connectivity index (χ0) is 15.3. The van der Waals surface area contributed by atoms with Gasteiger partial charge in [-0.05, 0) is 6.07 Å². The first-order valence-corrected chi connectivity index (χ1v) is 7.08. The van der Waals surface area contributed by atoms with Crippen LogP contribution >= 0.6 is 12.2 Å². The number of hydrogen-bond acceptors (Lipinski definition) is 5. The maximum absolute atomic E-state index is 13.7. The highest BCUT2D eigenvalue weighted by Gasteiger charge is 2.15. The lowest BCUT2D eigenvalue weighted by molar-refractivity contribution is 0.177. The molecule has 0 aliphatic carbocycles. The van der Waals surface area contributed by atoms with E-state index in [1.807, 2.05) is 4.72 Å². The van der Waals surface area contributed by atoms with E-state index < -0.39 is 22.1 Å². The fourth-order valence-corrected chi connectivity index (χ4v) is 2.05. The monoisotopic (exact) mass is 321 g/mol. The van der Waals surface area contributed by atoms with Crippen molar-refractivity contribution in [3.8, 4) is 0 Å². The summed E-state index contributed by atoms with van der Waals surface area (Å²) in [7, 11) is -3.11. The van der Waals surface area contributed by atoms with Gasteiger partial charge in [0.05, 0.1) is 7.11 Å². The molecule has 1 aromatic carbocycles. The van der Waals surface area contributed by atoms with Crippen LogP contribution < -0.4 is 15.2 Å². The predicted octanol–water partition coefficient (Wildman–Crippen LogP) is 0.150. The van der Waals surface area contributed by atoms with E-state index in [2.05, 4.69) is 17.0 Å². The molecule has 0 aliphatic rings. The summed E-state index contributed by atoms with van der Waals surface area (Å²) in [5, 5.41) is 0. The summed E-state index contributed by atoms with van der Waals surface area (Å²) < 4.78 is 44.1. The molecule has 1 rings (SSSR count). The molecule has 1 amide bonds. The Bertz CT molecular complexity index is 633. The topological polar surface area (TPSA) is 111 Å². The van der Waals surface area contributed by atoms with Crippen LogP contribution in [0.25, 0.3) is 0 Å². The van der Waals surface area contributed by atoms with Crippen molar-refractivity contribution < 1.29 is 22.3 Å². The number of carbonyl (C=O) groups is 1. The lowest BCUT2D eigenvalue weighted by Crippen LogP contribution is -2.39. The van der Waals surface area contributed by atoms with Crippen LogP contribution in [0.3, 0.4) is 0 Å². The number of carbonyl (C=O) groups excluding carboxylic acids is 1. The number of rotatable bonds is 5. The van der Waals surface area contributed by atoms with E-state index in [9.17, 15) is 17.6 Å². The van der Waals surface area contributed by atoms with Crippen LogP contribution in [0.2, 0.25) is 0 Å². The predicted molar refractivity (Wildman–Crippen MR) is 73.6 cm³/mol. The molecule has 0 aliphatic heterocycles. The molecular formula is C10H12FN3O4S2. The zero-order valence-electron chi connectivity index (χ0n) is 10.3. The third-order valence-electron chi connectivity index (χ3n) is 2.19. The molecule has 4 N–H and O–H groups in total. The van der Waals surface area contributed by atoms with Gasteiger partial charge in [-0.3, -0.25) is 0 Å². The minimum Gasteiger partial charge on any atom is -0.452 e. The van der Waals surface area contributed by atoms with Gasteiger partial charge >= 0.3 is 16.3 Å². The lowest BCUT2D eigenvalue weighted by atomic mass is 10.1. The molecule has 0 unspecified atom stereocenters. The Kier molecular flexibility index (Phi) is 5.36. The summed E-state index contributed by atoms with van der Waals surface area (Å²) in [6.45, 7) is -0.351. The Morgan fingerprint density at radius 1 is 1.50 bits per heavy atom. The van der Waals surface area contributed by atoms with Crippen LogP contribution in [-0.4, -0.2) is 26.6 Å². The van der Waals surface area contributed by atoms with Crippen LogP contribution in [0.5, 0.6) is 0 Å². The van der Waals surface area contributed by atoms with Crippen LogP contribution in [0, 0.1) is 5.82 Å². The molecule has 0 bridgehead atoms. The number of thiocarbonyl (C=S) groups is 1. The summed E-state index contributed by atoms with van der Waals surface area (Å²) in [6.07, 6.45) is -1.15. The van der Waals surface area contributed by atoms with E-state index in [1.165, 1.54) is 12.1 Å². The van der Waals surface area contributed by atoms with Gasteiger partial charge in [0.25, 0.3) is 0 Å². The van der Waals surface area contributed by atoms with Gasteiger partial charge in [-0.2, -0.15) is 13.1 Å². The van der Waals surface area contributed by atoms with Gasteiger partial charge in [-0.25, -0.2) is 13.9 Å². The molecule has 10 heteroatoms. The summed E-state index contributed by atoms with van der Waals surface area (Å²) >= 11 is 4.69. The molecule has 0 saturated carbocycles. The average molecular weight is 321 g/mol. The van der Waals surface area contributed by atoms with Crippen molar-refractivity contribution in [2.75, 3.05) is 7.11 Å². The van der Waals surface area contributed by atoms with Crippen LogP contribution in [0.15, 0.2) is 18.2 Å². The van der Waals surface area contributed by atoms with Crippen molar-refractivity contribution >= 4 is 33.5 Å². The highest BCUT2D eigenvalue weighted by Crippen LogP contribution is 2.10. The SMILES string of the molecule is COC(=O)NS(=O)(=O)NCc1ccc(C(N)=S)cc1F. The molecule has 0 atom stereocenters. The second kappa shape index (κ2) is 6.59. The molecule has 0 heterocycles. The first kappa shape index (κ1) is 16.3. The minimum absolute atomic E-state index is 0.0309. The maximum atomic E-state index is 13.7. The molecule has 0 saturated heterocycles. The van der Waals surface area contributed by atoms with Gasteiger partial charge in [0, 0.05) is 17.7 Å². The van der Waals surface area contributed by atoms with Gasteiger partial charge in [0.1, 0.15) is 10.8 Å². The molecule has 110 valence electrons. The number of ether oxygens (including phenoxy) is 1.